The highest BCUT2D eigenvalue weighted by atomic mass is 32.2. The molecule has 0 aliphatic rings. The van der Waals surface area contributed by atoms with Gasteiger partial charge >= 0.3 is 0 Å². The van der Waals surface area contributed by atoms with Gasteiger partial charge in [0, 0.05) is 36.7 Å². The number of amides is 2. The highest BCUT2D eigenvalue weighted by Gasteiger charge is 2.07. The Bertz CT molecular complexity index is 950. The SMILES string of the molecule is CC(=O)Nc1ccc(C(=O)NCCNS(=O)(=O)/C=C/c2ccc(C)cc2)cc1. The molecule has 0 aliphatic carbocycles. The van der Waals surface area contributed by atoms with Gasteiger partial charge in [0.05, 0.1) is 0 Å². The van der Waals surface area contributed by atoms with E-state index < -0.39 is 10.0 Å². The molecule has 2 amide bonds. The maximum atomic E-state index is 12.1. The predicted octanol–water partition coefficient (Wildman–Crippen LogP) is 2.27. The Morgan fingerprint density at radius 1 is 0.964 bits per heavy atom. The summed E-state index contributed by atoms with van der Waals surface area (Å²) in [6.45, 7) is 3.56. The van der Waals surface area contributed by atoms with Crippen molar-refractivity contribution in [2.24, 2.45) is 0 Å². The molecule has 0 aromatic heterocycles. The third-order valence-electron chi connectivity index (χ3n) is 3.70. The Hall–Kier alpha value is -2.97. The maximum Gasteiger partial charge on any atom is 0.251 e. The first kappa shape index (κ1) is 21.3. The Morgan fingerprint density at radius 2 is 1.61 bits per heavy atom. The molecule has 2 rings (SSSR count). The van der Waals surface area contributed by atoms with Gasteiger partial charge in [0.15, 0.2) is 0 Å². The number of benzene rings is 2. The number of anilines is 1. The molecule has 0 heterocycles. The number of nitrogens with one attached hydrogen (secondary N) is 3. The molecule has 0 unspecified atom stereocenters. The van der Waals surface area contributed by atoms with Crippen molar-refractivity contribution in [3.63, 3.8) is 0 Å². The second-order valence-electron chi connectivity index (χ2n) is 6.17. The molecule has 148 valence electrons. The van der Waals surface area contributed by atoms with E-state index in [9.17, 15) is 18.0 Å². The molecule has 0 saturated carbocycles. The van der Waals surface area contributed by atoms with Gasteiger partial charge in [0.25, 0.3) is 5.91 Å². The lowest BCUT2D eigenvalue weighted by atomic mass is 10.2. The van der Waals surface area contributed by atoms with Gasteiger partial charge in [-0.05, 0) is 42.8 Å². The molecular formula is C20H23N3O4S. The lowest BCUT2D eigenvalue weighted by Crippen LogP contribution is -2.33. The topological polar surface area (TPSA) is 104 Å². The first-order chi connectivity index (χ1) is 13.2. The predicted molar refractivity (Wildman–Crippen MR) is 110 cm³/mol. The largest absolute Gasteiger partial charge is 0.351 e. The molecule has 2 aromatic rings. The van der Waals surface area contributed by atoms with Crippen LogP contribution >= 0.6 is 0 Å². The van der Waals surface area contributed by atoms with E-state index in [-0.39, 0.29) is 24.9 Å². The van der Waals surface area contributed by atoms with Gasteiger partial charge in [-0.25, -0.2) is 13.1 Å². The lowest BCUT2D eigenvalue weighted by molar-refractivity contribution is -0.114. The summed E-state index contributed by atoms with van der Waals surface area (Å²) in [6, 6.07) is 13.9. The number of hydrogen-bond acceptors (Lipinski definition) is 4. The average Bonchev–Trinajstić information content (AvgIpc) is 2.65. The van der Waals surface area contributed by atoms with Crippen LogP contribution in [0.2, 0.25) is 0 Å². The van der Waals surface area contributed by atoms with Crippen LogP contribution in [-0.2, 0) is 14.8 Å². The number of sulfonamides is 1. The molecule has 28 heavy (non-hydrogen) atoms. The zero-order valence-electron chi connectivity index (χ0n) is 15.7. The fourth-order valence-corrected chi connectivity index (χ4v) is 3.09. The van der Waals surface area contributed by atoms with Crippen molar-refractivity contribution in [3.05, 3.63) is 70.6 Å². The van der Waals surface area contributed by atoms with Crippen LogP contribution in [0.15, 0.2) is 53.9 Å². The van der Waals surface area contributed by atoms with E-state index in [2.05, 4.69) is 15.4 Å². The second kappa shape index (κ2) is 9.82. The summed E-state index contributed by atoms with van der Waals surface area (Å²) in [6.07, 6.45) is 1.51. The van der Waals surface area contributed by atoms with Gasteiger partial charge in [0.2, 0.25) is 15.9 Å². The summed E-state index contributed by atoms with van der Waals surface area (Å²) in [7, 11) is -3.59. The summed E-state index contributed by atoms with van der Waals surface area (Å²) in [5.74, 6) is -0.523. The smallest absolute Gasteiger partial charge is 0.251 e. The van der Waals surface area contributed by atoms with E-state index in [0.717, 1.165) is 16.5 Å². The third kappa shape index (κ3) is 7.34. The second-order valence-corrected chi connectivity index (χ2v) is 7.82. The van der Waals surface area contributed by atoms with Crippen LogP contribution in [0, 0.1) is 6.92 Å². The highest BCUT2D eigenvalue weighted by Crippen LogP contribution is 2.09. The Balaban J connectivity index is 1.78. The molecule has 7 nitrogen and oxygen atoms in total. The van der Waals surface area contributed by atoms with Crippen molar-refractivity contribution < 1.29 is 18.0 Å². The molecule has 0 aliphatic heterocycles. The van der Waals surface area contributed by atoms with Crippen molar-refractivity contribution in [3.8, 4) is 0 Å². The number of carbonyl (C=O) groups is 2. The van der Waals surface area contributed by atoms with E-state index in [1.807, 2.05) is 31.2 Å². The molecule has 0 saturated heterocycles. The molecule has 2 aromatic carbocycles. The summed E-state index contributed by atoms with van der Waals surface area (Å²) >= 11 is 0. The van der Waals surface area contributed by atoms with Crippen LogP contribution in [0.3, 0.4) is 0 Å². The van der Waals surface area contributed by atoms with Crippen LogP contribution in [-0.4, -0.2) is 33.3 Å². The first-order valence-electron chi connectivity index (χ1n) is 8.65. The standard InChI is InChI=1S/C20H23N3O4S/c1-15-3-5-17(6-4-15)11-14-28(26,27)22-13-12-21-20(25)18-7-9-19(10-8-18)23-16(2)24/h3-11,14,22H,12-13H2,1-2H3,(H,21,25)(H,23,24)/b14-11+. The molecule has 0 atom stereocenters. The van der Waals surface area contributed by atoms with Gasteiger partial charge in [-0.1, -0.05) is 29.8 Å². The minimum atomic E-state index is -3.59. The van der Waals surface area contributed by atoms with Gasteiger partial charge in [-0.2, -0.15) is 0 Å². The molecule has 0 fully saturated rings. The monoisotopic (exact) mass is 401 g/mol. The number of carbonyl (C=O) groups excluding carboxylic acids is 2. The normalized spacial score (nSPS) is 11.4. The summed E-state index contributed by atoms with van der Waals surface area (Å²) in [4.78, 5) is 23.0. The van der Waals surface area contributed by atoms with E-state index in [1.165, 1.54) is 13.0 Å². The van der Waals surface area contributed by atoms with Gasteiger partial charge < -0.3 is 10.6 Å². The van der Waals surface area contributed by atoms with Gasteiger partial charge in [0.1, 0.15) is 0 Å². The van der Waals surface area contributed by atoms with Crippen LogP contribution < -0.4 is 15.4 Å². The number of rotatable bonds is 8. The van der Waals surface area contributed by atoms with Crippen LogP contribution in [0.25, 0.3) is 6.08 Å². The summed E-state index contributed by atoms with van der Waals surface area (Å²) in [5.41, 5.74) is 2.89. The number of hydrogen-bond donors (Lipinski definition) is 3. The van der Waals surface area contributed by atoms with Crippen molar-refractivity contribution in [2.75, 3.05) is 18.4 Å². The van der Waals surface area contributed by atoms with Crippen molar-refractivity contribution in [2.45, 2.75) is 13.8 Å². The molecule has 0 bridgehead atoms. The van der Waals surface area contributed by atoms with Crippen molar-refractivity contribution >= 4 is 33.6 Å². The lowest BCUT2D eigenvalue weighted by Gasteiger charge is -2.07. The van der Waals surface area contributed by atoms with Crippen molar-refractivity contribution in [1.29, 1.82) is 0 Å². The fraction of sp³-hybridized carbons (Fsp3) is 0.200. The van der Waals surface area contributed by atoms with E-state index >= 15 is 0 Å². The zero-order chi connectivity index (χ0) is 20.6. The molecule has 0 spiro atoms. The minimum Gasteiger partial charge on any atom is -0.351 e. The Labute approximate surface area is 164 Å². The highest BCUT2D eigenvalue weighted by molar-refractivity contribution is 7.92. The fourth-order valence-electron chi connectivity index (χ4n) is 2.27. The van der Waals surface area contributed by atoms with Crippen molar-refractivity contribution in [1.82, 2.24) is 10.0 Å². The quantitative estimate of drug-likeness (QED) is 0.590. The van der Waals surface area contributed by atoms with E-state index in [1.54, 1.807) is 24.3 Å². The first-order valence-corrected chi connectivity index (χ1v) is 10.2. The summed E-state index contributed by atoms with van der Waals surface area (Å²) < 4.78 is 26.3. The van der Waals surface area contributed by atoms with E-state index in [4.69, 9.17) is 0 Å². The third-order valence-corrected chi connectivity index (χ3v) is 4.80. The molecular weight excluding hydrogens is 378 g/mol. The average molecular weight is 401 g/mol. The number of aryl methyl sites for hydroxylation is 1. The molecule has 3 N–H and O–H groups in total. The minimum absolute atomic E-state index is 0.0658. The van der Waals surface area contributed by atoms with Crippen LogP contribution in [0.4, 0.5) is 5.69 Å². The summed E-state index contributed by atoms with van der Waals surface area (Å²) in [5, 5.41) is 6.34. The van der Waals surface area contributed by atoms with Crippen LogP contribution in [0.1, 0.15) is 28.4 Å². The molecule has 0 radical (unpaired) electrons. The van der Waals surface area contributed by atoms with Gasteiger partial charge in [-0.15, -0.1) is 0 Å². The van der Waals surface area contributed by atoms with E-state index in [0.29, 0.717) is 11.3 Å². The van der Waals surface area contributed by atoms with Crippen LogP contribution in [0.5, 0.6) is 0 Å². The maximum absolute atomic E-state index is 12.1. The Kier molecular flexibility index (Phi) is 7.48. The Morgan fingerprint density at radius 3 is 2.21 bits per heavy atom. The van der Waals surface area contributed by atoms with Gasteiger partial charge in [-0.3, -0.25) is 9.59 Å². The molecule has 8 heteroatoms. The zero-order valence-corrected chi connectivity index (χ0v) is 16.5.